The van der Waals surface area contributed by atoms with Crippen LogP contribution in [0.5, 0.6) is 23.0 Å². The van der Waals surface area contributed by atoms with Gasteiger partial charge in [0.15, 0.2) is 12.6 Å². The smallest absolute Gasteiger partial charge is 0.182 e. The van der Waals surface area contributed by atoms with Crippen molar-refractivity contribution >= 4 is 18.9 Å². The molecule has 0 saturated carbocycles. The summed E-state index contributed by atoms with van der Waals surface area (Å²) in [6.45, 7) is 0. The number of ether oxygens (including phenoxy) is 3. The topological polar surface area (TPSA) is 895 Å². The molecule has 0 atom stereocenters. The van der Waals surface area contributed by atoms with Gasteiger partial charge in [0.25, 0.3) is 0 Å². The molecule has 0 aliphatic rings. The molecule has 0 bridgehead atoms. The molecule has 64 N–H and O–H groups in total. The highest BCUT2D eigenvalue weighted by Gasteiger charge is 2.04. The fraction of sp³-hybridized carbons (Fsp3) is 0.122. The maximum atomic E-state index is 10.2. The van der Waals surface area contributed by atoms with Gasteiger partial charge in [0.2, 0.25) is 0 Å². The summed E-state index contributed by atoms with van der Waals surface area (Å²) in [7, 11) is 8.79. The highest BCUT2D eigenvalue weighted by atomic mass is 16.5. The van der Waals surface area contributed by atoms with E-state index in [1.165, 1.54) is 0 Å². The van der Waals surface area contributed by atoms with E-state index in [9.17, 15) is 9.90 Å². The molecule has 3 aromatic heterocycles. The van der Waals surface area contributed by atoms with Gasteiger partial charge in [0, 0.05) is 73.5 Å². The van der Waals surface area contributed by atoms with Gasteiger partial charge in [-0.2, -0.15) is 0 Å². The SMILES string of the molecule is COc1cccc(-c2ncc[nH]2)c1.COc1cccc(-c2nccn2C)c1.COc1cccc(C=O)c1.Cn1ccnc1-c1cccc(O)c1.N.N.N.N.N.N.N.N.N.N.N.N.N.N.N.N.N.N.N.N.O.O=CC=O. The van der Waals surface area contributed by atoms with Gasteiger partial charge in [0.05, 0.1) is 21.3 Å². The Balaban J connectivity index is -0.0000000294. The number of methoxy groups -OCH3 is 3. The van der Waals surface area contributed by atoms with Crippen LogP contribution in [0.1, 0.15) is 10.4 Å². The number of hydrogen-bond acceptors (Lipinski definition) is 30. The van der Waals surface area contributed by atoms with Crippen molar-refractivity contribution in [3.63, 3.8) is 0 Å². The number of nitrogens with one attached hydrogen (secondary N) is 1. The van der Waals surface area contributed by atoms with E-state index in [0.717, 1.165) is 51.9 Å². The third-order valence-corrected chi connectivity index (χ3v) is 7.20. The van der Waals surface area contributed by atoms with Gasteiger partial charge < -0.3 is 162 Å². The fourth-order valence-corrected chi connectivity index (χ4v) is 4.60. The van der Waals surface area contributed by atoms with Crippen LogP contribution in [0.25, 0.3) is 34.2 Å². The second-order valence-corrected chi connectivity index (χ2v) is 10.8. The minimum Gasteiger partial charge on any atom is -0.508 e. The molecule has 3 heterocycles. The highest BCUT2D eigenvalue weighted by molar-refractivity contribution is 6.09. The van der Waals surface area contributed by atoms with Crippen LogP contribution in [-0.4, -0.2) is 79.8 Å². The van der Waals surface area contributed by atoms with E-state index in [-0.39, 0.29) is 147 Å². The van der Waals surface area contributed by atoms with Gasteiger partial charge in [-0.05, 0) is 48.5 Å². The number of rotatable bonds is 8. The molecule has 446 valence electrons. The van der Waals surface area contributed by atoms with Crippen LogP contribution < -0.4 is 137 Å². The minimum atomic E-state index is 0. The number of phenolic OH excluding ortho intramolecular Hbond substituents is 1. The van der Waals surface area contributed by atoms with Crippen LogP contribution in [-0.2, 0) is 23.7 Å². The maximum Gasteiger partial charge on any atom is 0.182 e. The molecule has 0 saturated heterocycles. The molecule has 34 nitrogen and oxygen atoms in total. The molecule has 7 rings (SSSR count). The first-order chi connectivity index (χ1) is 26.3. The number of aryl methyl sites for hydroxylation is 2. The van der Waals surface area contributed by atoms with Crippen LogP contribution >= 0.6 is 0 Å². The number of nitrogens with zero attached hydrogens (tertiary/aromatic N) is 5. The fourth-order valence-electron chi connectivity index (χ4n) is 4.60. The van der Waals surface area contributed by atoms with Gasteiger partial charge in [-0.15, -0.1) is 0 Å². The predicted octanol–water partition coefficient (Wildman–Crippen LogP) is 9.28. The number of aromatic nitrogens is 6. The summed E-state index contributed by atoms with van der Waals surface area (Å²) >= 11 is 0. The van der Waals surface area contributed by atoms with Crippen LogP contribution in [0.3, 0.4) is 0 Å². The zero-order chi connectivity index (χ0) is 39.1. The number of aromatic hydroxyl groups is 1. The lowest BCUT2D eigenvalue weighted by Gasteiger charge is -2.04. The molecule has 0 aliphatic carbocycles. The van der Waals surface area contributed by atoms with E-state index in [1.807, 2.05) is 90.2 Å². The molecule has 0 radical (unpaired) electrons. The Kier molecular flexibility index (Phi) is 118. The number of H-pyrrole nitrogens is 1. The third kappa shape index (κ3) is 42.1. The van der Waals surface area contributed by atoms with Gasteiger partial charge in [-0.3, -0.25) is 14.4 Å². The molecular formula is C41H104N26O8. The summed E-state index contributed by atoms with van der Waals surface area (Å²) < 4.78 is 19.1. The summed E-state index contributed by atoms with van der Waals surface area (Å²) in [5, 5.41) is 9.27. The molecule has 0 fully saturated rings. The van der Waals surface area contributed by atoms with Crippen LogP contribution in [0.4, 0.5) is 0 Å². The van der Waals surface area contributed by atoms with Crippen molar-refractivity contribution in [1.82, 2.24) is 152 Å². The first-order valence-corrected chi connectivity index (χ1v) is 16.3. The summed E-state index contributed by atoms with van der Waals surface area (Å²) in [4.78, 5) is 43.5. The van der Waals surface area contributed by atoms with Crippen LogP contribution in [0.2, 0.25) is 0 Å². The van der Waals surface area contributed by atoms with Gasteiger partial charge in [0.1, 0.15) is 46.8 Å². The Labute approximate surface area is 441 Å². The van der Waals surface area contributed by atoms with Gasteiger partial charge in [-0.1, -0.05) is 48.5 Å². The molecule has 0 aliphatic heterocycles. The number of imidazole rings is 3. The molecule has 0 unspecified atom stereocenters. The first-order valence-electron chi connectivity index (χ1n) is 16.3. The Morgan fingerprint density at radius 1 is 0.453 bits per heavy atom. The maximum absolute atomic E-state index is 10.2. The monoisotopic (exact) mass is 1090 g/mol. The number of hydrogen-bond donors (Lipinski definition) is 22. The van der Waals surface area contributed by atoms with E-state index in [1.54, 1.807) is 88.6 Å². The van der Waals surface area contributed by atoms with Crippen LogP contribution in [0.15, 0.2) is 134 Å². The molecular weight excluding hydrogens is 985 g/mol. The lowest BCUT2D eigenvalue weighted by atomic mass is 10.2. The van der Waals surface area contributed by atoms with Gasteiger partial charge >= 0.3 is 0 Å². The lowest BCUT2D eigenvalue weighted by Crippen LogP contribution is -1.91. The average Bonchev–Trinajstić information content (AvgIpc) is 4.02. The zero-order valence-corrected chi connectivity index (χ0v) is 45.2. The number of carbonyl (C=O) groups excluding carboxylic acids is 3. The van der Waals surface area contributed by atoms with Crippen molar-refractivity contribution in [2.24, 2.45) is 14.1 Å². The summed E-state index contributed by atoms with van der Waals surface area (Å²) in [5.74, 6) is 5.34. The summed E-state index contributed by atoms with van der Waals surface area (Å²) in [5.41, 5.74) is 3.66. The second-order valence-electron chi connectivity index (χ2n) is 10.8. The molecule has 7 aromatic rings. The summed E-state index contributed by atoms with van der Waals surface area (Å²) in [6, 6.07) is 29.7. The highest BCUT2D eigenvalue weighted by Crippen LogP contribution is 2.23. The van der Waals surface area contributed by atoms with Gasteiger partial charge in [-0.25, -0.2) is 15.0 Å². The molecule has 4 aromatic carbocycles. The first kappa shape index (κ1) is 127. The quantitative estimate of drug-likeness (QED) is 0.0497. The molecule has 0 amide bonds. The third-order valence-electron chi connectivity index (χ3n) is 7.20. The predicted molar refractivity (Wildman–Crippen MR) is 311 cm³/mol. The number of aldehydes is 3. The molecule has 75 heavy (non-hydrogen) atoms. The Morgan fingerprint density at radius 2 is 0.800 bits per heavy atom. The van der Waals surface area contributed by atoms with E-state index in [4.69, 9.17) is 23.8 Å². The number of benzene rings is 4. The standard InChI is InChI=1S/C11H12N2O.2C10H10N2O.C8H8O2.C2H2O2.20H3N.H2O/c1-13-7-6-12-11(13)9-4-3-5-10(8-9)14-2;1-13-9-4-2-3-8(7-9)10-11-5-6-12-10;1-12-6-5-11-10(12)8-3-2-4-9(13)7-8;1-10-8-4-2-3-7(5-8)6-9;3-1-2-4;;;;;;;;;;;;;;;;;;;;;/h3-8H,1-2H3;2-7H,1H3,(H,11,12);2-7,13H,1H3;2-6H,1H3;1-2H;20*1H3;1H2. The van der Waals surface area contributed by atoms with E-state index < -0.39 is 0 Å². The van der Waals surface area contributed by atoms with Crippen LogP contribution in [0, 0.1) is 0 Å². The molecule has 34 heteroatoms. The Morgan fingerprint density at radius 3 is 1.12 bits per heavy atom. The average molecular weight is 1090 g/mol. The van der Waals surface area contributed by atoms with Crippen molar-refractivity contribution < 1.29 is 39.2 Å². The van der Waals surface area contributed by atoms with E-state index in [2.05, 4.69) is 19.9 Å². The number of carbonyl (C=O) groups is 3. The van der Waals surface area contributed by atoms with Crippen molar-refractivity contribution in [2.75, 3.05) is 21.3 Å². The summed E-state index contributed by atoms with van der Waals surface area (Å²) in [6.07, 6.45) is 12.0. The Bertz CT molecular complexity index is 2200. The van der Waals surface area contributed by atoms with Crippen molar-refractivity contribution in [3.05, 3.63) is 140 Å². The second kappa shape index (κ2) is 70.1. The number of aromatic amines is 1. The Hall–Kier alpha value is -8.12. The van der Waals surface area contributed by atoms with Crippen molar-refractivity contribution in [1.29, 1.82) is 0 Å². The van der Waals surface area contributed by atoms with Crippen molar-refractivity contribution in [2.45, 2.75) is 0 Å². The van der Waals surface area contributed by atoms with Crippen molar-refractivity contribution in [3.8, 4) is 57.2 Å². The van der Waals surface area contributed by atoms with E-state index >= 15 is 0 Å². The minimum absolute atomic E-state index is 0. The zero-order valence-electron chi connectivity index (χ0n) is 45.2. The normalized spacial score (nSPS) is 6.84. The lowest BCUT2D eigenvalue weighted by molar-refractivity contribution is -0.122. The number of phenols is 1. The molecule has 0 spiro atoms. The largest absolute Gasteiger partial charge is 0.508 e. The van der Waals surface area contributed by atoms with E-state index in [0.29, 0.717) is 11.3 Å².